The van der Waals surface area contributed by atoms with E-state index in [0.717, 1.165) is 44.2 Å². The van der Waals surface area contributed by atoms with Crippen LogP contribution in [0.25, 0.3) is 0 Å². The molecule has 240 valence electrons. The van der Waals surface area contributed by atoms with Crippen molar-refractivity contribution in [2.24, 2.45) is 17.6 Å². The standard InChI is InChI=1S/C33H44F3N5O3/c1-20(2)29-32(44)40-28(19-37)30(42)39-13-6-9-23-8-3-4-11-26(23)24-15-22(16-24)12-14-38-27(31(43)41-29)18-21-7-5-10-25(17-21)33(34,35)36/h3-5,7-8,10-11,17,20,22,24,27-29,38H,6,9,12-16,18-19,37H2,1-2H3,(H,39,42)(H,40,44)(H,41,43)/t22?,24?,27?,28-,29+/m0/s1. The Bertz CT molecular complexity index is 1300. The second-order valence-electron chi connectivity index (χ2n) is 12.4. The van der Waals surface area contributed by atoms with Crippen LogP contribution in [-0.2, 0) is 33.4 Å². The Morgan fingerprint density at radius 2 is 1.66 bits per heavy atom. The first kappa shape index (κ1) is 33.5. The summed E-state index contributed by atoms with van der Waals surface area (Å²) in [6, 6.07) is 10.5. The van der Waals surface area contributed by atoms with E-state index in [0.29, 0.717) is 30.5 Å². The molecular weight excluding hydrogens is 571 g/mol. The van der Waals surface area contributed by atoms with Crippen LogP contribution in [0.1, 0.15) is 67.7 Å². The molecule has 0 saturated heterocycles. The minimum atomic E-state index is -4.51. The molecule has 6 N–H and O–H groups in total. The maximum atomic E-state index is 13.6. The molecule has 3 aliphatic rings. The number of halogens is 3. The van der Waals surface area contributed by atoms with E-state index >= 15 is 0 Å². The fourth-order valence-electron chi connectivity index (χ4n) is 6.11. The van der Waals surface area contributed by atoms with Crippen molar-refractivity contribution >= 4 is 17.7 Å². The molecule has 0 radical (unpaired) electrons. The lowest BCUT2D eigenvalue weighted by Crippen LogP contribution is -2.59. The van der Waals surface area contributed by atoms with Crippen LogP contribution in [0.3, 0.4) is 0 Å². The van der Waals surface area contributed by atoms with Gasteiger partial charge >= 0.3 is 6.18 Å². The highest BCUT2D eigenvalue weighted by Crippen LogP contribution is 2.44. The topological polar surface area (TPSA) is 125 Å². The van der Waals surface area contributed by atoms with Crippen LogP contribution in [0.2, 0.25) is 0 Å². The van der Waals surface area contributed by atoms with Crippen LogP contribution in [0.5, 0.6) is 0 Å². The summed E-state index contributed by atoms with van der Waals surface area (Å²) in [6.45, 7) is 4.34. The van der Waals surface area contributed by atoms with Crippen molar-refractivity contribution in [3.63, 3.8) is 0 Å². The van der Waals surface area contributed by atoms with Gasteiger partial charge in [0.05, 0.1) is 11.6 Å². The van der Waals surface area contributed by atoms with Crippen LogP contribution >= 0.6 is 0 Å². The van der Waals surface area contributed by atoms with Gasteiger partial charge in [0, 0.05) is 13.1 Å². The third-order valence-corrected chi connectivity index (χ3v) is 8.72. The van der Waals surface area contributed by atoms with E-state index in [4.69, 9.17) is 5.73 Å². The molecule has 1 aliphatic carbocycles. The number of nitrogens with two attached hydrogens (primary N) is 1. The second-order valence-corrected chi connectivity index (χ2v) is 12.4. The zero-order valence-electron chi connectivity index (χ0n) is 25.4. The SMILES string of the molecule is CC(C)[C@H]1NC(=O)C(Cc2cccc(C(F)(F)F)c2)NCCC2CC(C2)c2ccccc2CCCNC(=O)[C@H](CN)NC1=O. The number of alkyl halides is 3. The summed E-state index contributed by atoms with van der Waals surface area (Å²) < 4.78 is 40.2. The lowest BCUT2D eigenvalue weighted by molar-refractivity contribution is -0.137. The number of fused-ring (bicyclic) bond motifs is 14. The number of hydrogen-bond donors (Lipinski definition) is 5. The first-order valence-corrected chi connectivity index (χ1v) is 15.5. The van der Waals surface area contributed by atoms with Crippen LogP contribution in [0.4, 0.5) is 13.2 Å². The van der Waals surface area contributed by atoms with Gasteiger partial charge in [-0.25, -0.2) is 0 Å². The van der Waals surface area contributed by atoms with Crippen LogP contribution < -0.4 is 27.0 Å². The summed E-state index contributed by atoms with van der Waals surface area (Å²) in [5.41, 5.74) is 8.00. The van der Waals surface area contributed by atoms with E-state index in [1.807, 2.05) is 12.1 Å². The third-order valence-electron chi connectivity index (χ3n) is 8.72. The molecule has 44 heavy (non-hydrogen) atoms. The molecule has 5 rings (SSSR count). The number of amides is 3. The number of benzene rings is 2. The molecule has 2 heterocycles. The number of carbonyl (C=O) groups is 3. The molecule has 0 spiro atoms. The minimum Gasteiger partial charge on any atom is -0.354 e. The second kappa shape index (κ2) is 15.0. The Balaban J connectivity index is 1.56. The van der Waals surface area contributed by atoms with Crippen molar-refractivity contribution in [3.05, 3.63) is 70.8 Å². The zero-order valence-corrected chi connectivity index (χ0v) is 25.4. The number of aryl methyl sites for hydroxylation is 1. The van der Waals surface area contributed by atoms with Crippen molar-refractivity contribution in [1.82, 2.24) is 21.3 Å². The third kappa shape index (κ3) is 8.81. The fourth-order valence-corrected chi connectivity index (χ4v) is 6.11. The van der Waals surface area contributed by atoms with Gasteiger partial charge in [-0.3, -0.25) is 14.4 Å². The van der Waals surface area contributed by atoms with Crippen LogP contribution in [0, 0.1) is 11.8 Å². The van der Waals surface area contributed by atoms with Crippen molar-refractivity contribution in [3.8, 4) is 0 Å². The number of nitrogens with one attached hydrogen (secondary N) is 4. The summed E-state index contributed by atoms with van der Waals surface area (Å²) in [7, 11) is 0. The largest absolute Gasteiger partial charge is 0.416 e. The number of rotatable bonds is 4. The Hall–Kier alpha value is -3.44. The molecule has 8 nitrogen and oxygen atoms in total. The first-order valence-electron chi connectivity index (χ1n) is 15.5. The van der Waals surface area contributed by atoms with Gasteiger partial charge in [0.15, 0.2) is 0 Å². The number of carbonyl (C=O) groups excluding carboxylic acids is 3. The lowest BCUT2D eigenvalue weighted by Gasteiger charge is -2.37. The van der Waals surface area contributed by atoms with Gasteiger partial charge in [-0.1, -0.05) is 56.3 Å². The maximum Gasteiger partial charge on any atom is 0.416 e. The molecule has 2 aromatic rings. The number of hydrogen-bond acceptors (Lipinski definition) is 5. The highest BCUT2D eigenvalue weighted by molar-refractivity contribution is 5.93. The Kier molecular flexibility index (Phi) is 11.4. The zero-order chi connectivity index (χ0) is 31.9. The lowest BCUT2D eigenvalue weighted by atomic mass is 9.69. The van der Waals surface area contributed by atoms with E-state index in [1.54, 1.807) is 19.9 Å². The van der Waals surface area contributed by atoms with Crippen LogP contribution in [-0.4, -0.2) is 55.5 Å². The molecule has 2 bridgehead atoms. The predicted octanol–water partition coefficient (Wildman–Crippen LogP) is 3.44. The van der Waals surface area contributed by atoms with E-state index < -0.39 is 47.6 Å². The van der Waals surface area contributed by atoms with E-state index in [-0.39, 0.29) is 18.9 Å². The maximum absolute atomic E-state index is 13.6. The smallest absolute Gasteiger partial charge is 0.354 e. The van der Waals surface area contributed by atoms with Crippen LogP contribution in [0.15, 0.2) is 48.5 Å². The first-order chi connectivity index (χ1) is 21.0. The Morgan fingerprint density at radius 3 is 2.36 bits per heavy atom. The summed E-state index contributed by atoms with van der Waals surface area (Å²) in [4.78, 5) is 39.8. The predicted molar refractivity (Wildman–Crippen MR) is 163 cm³/mol. The molecule has 11 heteroatoms. The van der Waals surface area contributed by atoms with Gasteiger partial charge in [-0.15, -0.1) is 0 Å². The Labute approximate surface area is 257 Å². The van der Waals surface area contributed by atoms with E-state index in [1.165, 1.54) is 17.2 Å². The van der Waals surface area contributed by atoms with Crippen molar-refractivity contribution in [1.29, 1.82) is 0 Å². The van der Waals surface area contributed by atoms with Gasteiger partial charge in [-0.2, -0.15) is 13.2 Å². The molecule has 2 aromatic carbocycles. The highest BCUT2D eigenvalue weighted by atomic mass is 19.4. The van der Waals surface area contributed by atoms with Gasteiger partial charge in [-0.05, 0) is 85.6 Å². The Morgan fingerprint density at radius 1 is 0.909 bits per heavy atom. The molecule has 3 amide bonds. The molecule has 0 aromatic heterocycles. The molecule has 1 fully saturated rings. The van der Waals surface area contributed by atoms with Crippen molar-refractivity contribution < 1.29 is 27.6 Å². The van der Waals surface area contributed by atoms with Gasteiger partial charge in [0.25, 0.3) is 0 Å². The summed E-state index contributed by atoms with van der Waals surface area (Å²) in [5.74, 6) is -0.877. The molecular formula is C33H44F3N5O3. The van der Waals surface area contributed by atoms with Crippen molar-refractivity contribution in [2.45, 2.75) is 82.6 Å². The molecule has 2 aliphatic heterocycles. The fraction of sp³-hybridized carbons (Fsp3) is 0.545. The van der Waals surface area contributed by atoms with Gasteiger partial charge in [0.2, 0.25) is 17.7 Å². The van der Waals surface area contributed by atoms with E-state index in [9.17, 15) is 27.6 Å². The average molecular weight is 616 g/mol. The van der Waals surface area contributed by atoms with E-state index in [2.05, 4.69) is 33.4 Å². The quantitative estimate of drug-likeness (QED) is 0.337. The highest BCUT2D eigenvalue weighted by Gasteiger charge is 2.34. The van der Waals surface area contributed by atoms with Gasteiger partial charge < -0.3 is 27.0 Å². The van der Waals surface area contributed by atoms with Gasteiger partial charge in [0.1, 0.15) is 12.1 Å². The molecule has 1 saturated carbocycles. The normalized spacial score (nSPS) is 26.1. The monoisotopic (exact) mass is 615 g/mol. The summed E-state index contributed by atoms with van der Waals surface area (Å²) >= 11 is 0. The summed E-state index contributed by atoms with van der Waals surface area (Å²) in [6.07, 6.45) is -0.0708. The van der Waals surface area contributed by atoms with Crippen molar-refractivity contribution in [2.75, 3.05) is 19.6 Å². The summed E-state index contributed by atoms with van der Waals surface area (Å²) in [5, 5.41) is 11.6. The average Bonchev–Trinajstić information content (AvgIpc) is 2.96. The molecule has 3 atom stereocenters. The minimum absolute atomic E-state index is 0.0106. The molecule has 1 unspecified atom stereocenters.